The normalized spacial score (nSPS) is 22.8. The molecule has 3 nitrogen and oxygen atoms in total. The fourth-order valence-corrected chi connectivity index (χ4v) is 3.83. The van der Waals surface area contributed by atoms with Crippen molar-refractivity contribution >= 4 is 10.9 Å². The Morgan fingerprint density at radius 3 is 2.70 bits per heavy atom. The predicted octanol–water partition coefficient (Wildman–Crippen LogP) is 2.91. The smallest absolute Gasteiger partial charge is 0.0457 e. The lowest BCUT2D eigenvalue weighted by atomic mass is 9.75. The van der Waals surface area contributed by atoms with Gasteiger partial charge in [-0.3, -0.25) is 4.90 Å². The highest BCUT2D eigenvalue weighted by Gasteiger charge is 2.34. The number of benzene rings is 1. The number of aromatic nitrogens is 1. The summed E-state index contributed by atoms with van der Waals surface area (Å²) in [6.45, 7) is 4.63. The topological polar surface area (TPSA) is 31.1 Å². The number of hydrogen-bond donors (Lipinski definition) is 2. The maximum atomic E-state index is 3.48. The highest BCUT2D eigenvalue weighted by molar-refractivity contribution is 5.83. The molecule has 2 N–H and O–H groups in total. The molecule has 0 unspecified atom stereocenters. The lowest BCUT2D eigenvalue weighted by Gasteiger charge is -2.43. The minimum atomic E-state index is 0.616. The van der Waals surface area contributed by atoms with Gasteiger partial charge in [0.1, 0.15) is 0 Å². The van der Waals surface area contributed by atoms with Crippen molar-refractivity contribution in [1.82, 2.24) is 15.2 Å². The van der Waals surface area contributed by atoms with E-state index in [-0.39, 0.29) is 0 Å². The van der Waals surface area contributed by atoms with Crippen molar-refractivity contribution in [3.63, 3.8) is 0 Å². The third kappa shape index (κ3) is 2.05. The van der Waals surface area contributed by atoms with Crippen LogP contribution in [-0.2, 0) is 0 Å². The molecule has 1 aliphatic carbocycles. The summed E-state index contributed by atoms with van der Waals surface area (Å²) >= 11 is 0. The Labute approximate surface area is 120 Å². The lowest BCUT2D eigenvalue weighted by molar-refractivity contribution is 0.0847. The quantitative estimate of drug-likeness (QED) is 0.897. The molecule has 1 aromatic carbocycles. The number of nitrogens with zero attached hydrogens (tertiary/aromatic N) is 1. The maximum Gasteiger partial charge on any atom is 0.0457 e. The van der Waals surface area contributed by atoms with Gasteiger partial charge in [0, 0.05) is 49.3 Å². The van der Waals surface area contributed by atoms with Gasteiger partial charge in [0.05, 0.1) is 0 Å². The second-order valence-corrected chi connectivity index (χ2v) is 6.21. The van der Waals surface area contributed by atoms with Gasteiger partial charge in [0.25, 0.3) is 0 Å². The summed E-state index contributed by atoms with van der Waals surface area (Å²) in [7, 11) is 0. The van der Waals surface area contributed by atoms with Crippen LogP contribution in [0, 0.1) is 5.92 Å². The first kappa shape index (κ1) is 12.4. The van der Waals surface area contributed by atoms with Gasteiger partial charge >= 0.3 is 0 Å². The van der Waals surface area contributed by atoms with Gasteiger partial charge in [-0.05, 0) is 36.5 Å². The summed E-state index contributed by atoms with van der Waals surface area (Å²) in [6.07, 6.45) is 6.28. The number of hydrogen-bond acceptors (Lipinski definition) is 2. The molecule has 1 atom stereocenters. The zero-order valence-corrected chi connectivity index (χ0v) is 11.9. The highest BCUT2D eigenvalue weighted by Crippen LogP contribution is 2.43. The number of rotatable bonds is 3. The van der Waals surface area contributed by atoms with Crippen molar-refractivity contribution in [2.75, 3.05) is 26.2 Å². The number of nitrogens with one attached hydrogen (secondary N) is 2. The minimum Gasteiger partial charge on any atom is -0.361 e. The molecular weight excluding hydrogens is 246 g/mol. The summed E-state index contributed by atoms with van der Waals surface area (Å²) in [5, 5.41) is 4.90. The summed E-state index contributed by atoms with van der Waals surface area (Å²) in [6, 6.07) is 9.61. The van der Waals surface area contributed by atoms with Crippen LogP contribution in [0.4, 0.5) is 0 Å². The van der Waals surface area contributed by atoms with E-state index in [1.807, 2.05) is 0 Å². The molecule has 1 aromatic heterocycles. The van der Waals surface area contributed by atoms with Crippen LogP contribution in [0.1, 0.15) is 30.9 Å². The van der Waals surface area contributed by atoms with Gasteiger partial charge in [-0.25, -0.2) is 0 Å². The summed E-state index contributed by atoms with van der Waals surface area (Å²) in [5.41, 5.74) is 2.82. The largest absolute Gasteiger partial charge is 0.361 e. The third-order valence-corrected chi connectivity index (χ3v) is 5.09. The fourth-order valence-electron chi connectivity index (χ4n) is 3.83. The van der Waals surface area contributed by atoms with E-state index >= 15 is 0 Å². The van der Waals surface area contributed by atoms with E-state index in [1.165, 1.54) is 48.8 Å². The molecule has 0 spiro atoms. The molecule has 3 heteroatoms. The molecule has 2 fully saturated rings. The van der Waals surface area contributed by atoms with Gasteiger partial charge in [0.15, 0.2) is 0 Å². The number of H-pyrrole nitrogens is 1. The van der Waals surface area contributed by atoms with Crippen LogP contribution in [0.3, 0.4) is 0 Å². The Kier molecular flexibility index (Phi) is 3.25. The standard InChI is InChI=1S/C17H23N3/c1-3-13(4-1)17(20-11-9-18-10-12-20)15-5-2-6-16-14(15)7-8-19-16/h2,5-8,13,17-19H,1,3-4,9-12H2/t17-/m0/s1. The summed E-state index contributed by atoms with van der Waals surface area (Å²) < 4.78 is 0. The average molecular weight is 269 g/mol. The molecule has 4 rings (SSSR count). The van der Waals surface area contributed by atoms with Gasteiger partial charge in [-0.2, -0.15) is 0 Å². The average Bonchev–Trinajstić information content (AvgIpc) is 2.92. The van der Waals surface area contributed by atoms with Crippen molar-refractivity contribution in [3.05, 3.63) is 36.0 Å². The van der Waals surface area contributed by atoms with Crippen molar-refractivity contribution in [1.29, 1.82) is 0 Å². The monoisotopic (exact) mass is 269 g/mol. The molecule has 0 bridgehead atoms. The van der Waals surface area contributed by atoms with Crippen molar-refractivity contribution in [2.45, 2.75) is 25.3 Å². The zero-order valence-electron chi connectivity index (χ0n) is 11.9. The van der Waals surface area contributed by atoms with Gasteiger partial charge < -0.3 is 10.3 Å². The maximum absolute atomic E-state index is 3.48. The molecular formula is C17H23N3. The van der Waals surface area contributed by atoms with Crippen LogP contribution < -0.4 is 5.32 Å². The Bertz CT molecular complexity index is 579. The molecule has 106 valence electrons. The minimum absolute atomic E-state index is 0.616. The van der Waals surface area contributed by atoms with E-state index in [0.717, 1.165) is 19.0 Å². The summed E-state index contributed by atoms with van der Waals surface area (Å²) in [5.74, 6) is 0.855. The first-order chi connectivity index (χ1) is 9.93. The molecule has 0 radical (unpaired) electrons. The number of fused-ring (bicyclic) bond motifs is 1. The van der Waals surface area contributed by atoms with Crippen LogP contribution in [-0.4, -0.2) is 36.1 Å². The van der Waals surface area contributed by atoms with Crippen LogP contribution in [0.2, 0.25) is 0 Å². The van der Waals surface area contributed by atoms with Gasteiger partial charge in [-0.15, -0.1) is 0 Å². The van der Waals surface area contributed by atoms with Crippen LogP contribution in [0.15, 0.2) is 30.5 Å². The Hall–Kier alpha value is -1.32. The van der Waals surface area contributed by atoms with E-state index in [1.54, 1.807) is 0 Å². The molecule has 0 amide bonds. The first-order valence-electron chi connectivity index (χ1n) is 7.94. The number of piperazine rings is 1. The van der Waals surface area contributed by atoms with Gasteiger partial charge in [-0.1, -0.05) is 18.6 Å². The molecule has 2 aliphatic rings. The van der Waals surface area contributed by atoms with E-state index in [4.69, 9.17) is 0 Å². The Morgan fingerprint density at radius 1 is 1.10 bits per heavy atom. The zero-order chi connectivity index (χ0) is 13.4. The van der Waals surface area contributed by atoms with Gasteiger partial charge in [0.2, 0.25) is 0 Å². The fraction of sp³-hybridized carbons (Fsp3) is 0.529. The van der Waals surface area contributed by atoms with E-state index in [2.05, 4.69) is 45.7 Å². The highest BCUT2D eigenvalue weighted by atomic mass is 15.2. The van der Waals surface area contributed by atoms with Crippen molar-refractivity contribution < 1.29 is 0 Å². The van der Waals surface area contributed by atoms with Crippen molar-refractivity contribution in [3.8, 4) is 0 Å². The first-order valence-corrected chi connectivity index (χ1v) is 7.94. The Morgan fingerprint density at radius 2 is 1.95 bits per heavy atom. The lowest BCUT2D eigenvalue weighted by Crippen LogP contribution is -2.47. The van der Waals surface area contributed by atoms with Crippen molar-refractivity contribution in [2.24, 2.45) is 5.92 Å². The Balaban J connectivity index is 1.74. The molecule has 1 aliphatic heterocycles. The molecule has 1 saturated carbocycles. The number of aromatic amines is 1. The van der Waals surface area contributed by atoms with E-state index < -0.39 is 0 Å². The molecule has 2 aromatic rings. The summed E-state index contributed by atoms with van der Waals surface area (Å²) in [4.78, 5) is 6.07. The second kappa shape index (κ2) is 5.23. The SMILES string of the molecule is c1cc([C@H](C2CCC2)N2CCNCC2)c2cc[nH]c2c1. The van der Waals surface area contributed by atoms with E-state index in [0.29, 0.717) is 6.04 Å². The van der Waals surface area contributed by atoms with Crippen LogP contribution in [0.5, 0.6) is 0 Å². The third-order valence-electron chi connectivity index (χ3n) is 5.09. The molecule has 1 saturated heterocycles. The predicted molar refractivity (Wildman–Crippen MR) is 82.8 cm³/mol. The second-order valence-electron chi connectivity index (χ2n) is 6.21. The molecule has 2 heterocycles. The molecule has 20 heavy (non-hydrogen) atoms. The van der Waals surface area contributed by atoms with Crippen LogP contribution >= 0.6 is 0 Å². The van der Waals surface area contributed by atoms with Crippen LogP contribution in [0.25, 0.3) is 10.9 Å². The van der Waals surface area contributed by atoms with E-state index in [9.17, 15) is 0 Å².